The number of anilines is 2. The molecule has 2 aromatic carbocycles. The lowest BCUT2D eigenvalue weighted by Gasteiger charge is -2.26. The Morgan fingerprint density at radius 1 is 0.915 bits per heavy atom. The molecule has 5 aromatic rings. The Labute approximate surface area is 476 Å². The summed E-state index contributed by atoms with van der Waals surface area (Å²) in [6.07, 6.45) is -5.05. The lowest BCUT2D eigenvalue weighted by molar-refractivity contribution is -0.131. The Kier molecular flexibility index (Phi) is 19.7. The van der Waals surface area contributed by atoms with Crippen molar-refractivity contribution in [1.82, 2.24) is 50.3 Å². The molecule has 3 fully saturated rings. The van der Waals surface area contributed by atoms with Crippen LogP contribution < -0.4 is 36.9 Å². The average molecular weight is 1220 g/mol. The van der Waals surface area contributed by atoms with Crippen molar-refractivity contribution in [3.8, 4) is 5.88 Å². The number of H-pyrrole nitrogens is 1. The normalized spacial score (nSPS) is 25.2. The molecule has 34 heteroatoms. The number of benzene rings is 2. The van der Waals surface area contributed by atoms with Gasteiger partial charge in [-0.3, -0.25) is 52.4 Å². The van der Waals surface area contributed by atoms with Crippen molar-refractivity contribution in [2.45, 2.75) is 95.6 Å². The van der Waals surface area contributed by atoms with Gasteiger partial charge >= 0.3 is 25.8 Å². The maximum atomic E-state index is 13.9. The molecule has 440 valence electrons. The monoisotopic (exact) mass is 1220 g/mol. The molecule has 82 heavy (non-hydrogen) atoms. The number of fused-ring (bicyclic) bond motifs is 4. The van der Waals surface area contributed by atoms with Crippen molar-refractivity contribution >= 4 is 96.7 Å². The minimum atomic E-state index is -4.38. The first-order chi connectivity index (χ1) is 38.9. The number of thiol groups is 2. The molecule has 3 aromatic heterocycles. The molecular weight excluding hydrogens is 1160 g/mol. The maximum Gasteiger partial charge on any atom is 0.410 e. The molecular formula is C48H58N12O18P2S2. The summed E-state index contributed by atoms with van der Waals surface area (Å²) in [5.74, 6) is -3.74. The van der Waals surface area contributed by atoms with Crippen molar-refractivity contribution < 1.29 is 80.4 Å². The van der Waals surface area contributed by atoms with Crippen LogP contribution in [0.5, 0.6) is 5.88 Å². The molecule has 3 unspecified atom stereocenters. The van der Waals surface area contributed by atoms with Gasteiger partial charge in [0.15, 0.2) is 17.4 Å². The van der Waals surface area contributed by atoms with E-state index >= 15 is 0 Å². The first-order valence-corrected chi connectivity index (χ1v) is 30.6. The second-order valence-corrected chi connectivity index (χ2v) is 25.2. The van der Waals surface area contributed by atoms with Gasteiger partial charge in [0, 0.05) is 49.4 Å². The maximum absolute atomic E-state index is 13.9. The fraction of sp³-hybridized carbons (Fsp3) is 0.438. The van der Waals surface area contributed by atoms with Gasteiger partial charge in [-0.1, -0.05) is 68.7 Å². The van der Waals surface area contributed by atoms with Crippen LogP contribution in [0.25, 0.3) is 11.2 Å². The van der Waals surface area contributed by atoms with E-state index in [9.17, 15) is 47.8 Å². The lowest BCUT2D eigenvalue weighted by Crippen LogP contribution is -2.55. The van der Waals surface area contributed by atoms with Crippen LogP contribution in [0.1, 0.15) is 61.3 Å². The topological polar surface area (TPSA) is 394 Å². The number of hydrogen-bond acceptors (Lipinski definition) is 21. The largest absolute Gasteiger partial charge is 0.474 e. The number of aromatic amines is 1. The highest BCUT2D eigenvalue weighted by atomic mass is 32.7. The highest BCUT2D eigenvalue weighted by Crippen LogP contribution is 2.60. The second-order valence-electron chi connectivity index (χ2n) is 19.4. The Bertz CT molecular complexity index is 3330. The van der Waals surface area contributed by atoms with Crippen molar-refractivity contribution in [3.63, 3.8) is 0 Å². The summed E-state index contributed by atoms with van der Waals surface area (Å²) in [7, 11) is 1.45. The predicted octanol–water partition coefficient (Wildman–Crippen LogP) is 3.79. The standard InChI is InChI=1S/C48H58N12O18P2S2/c1-24(2)36(55-34(61)17-50-47(67)68)43(65)53-25(3)41(63)54-29-11-9-26(10-12-29)19-72-48(69)59(4)18-27-7-5-6-8-31(27)42(64)57-46-56-40-37(44(66)58-46)52-23-60(40)45-39-38(62)33(76-45)21-74-79(70,81)77-32-16-30(75-35-13-14-49-22-51-35)15-28(32)20-73-80(71,82)78-39/h5-14,22-25,28,30,32-33,36,38-39,45,50,62H,15-21H2,1-4H3,(H,53,65)(H,54,63)(H,55,61)(H,67,68)(H,70,81)(H,71,82)(H2,56,57,58,64,66)/t25?,28-,30-,32+,33?,36?,38-,39-,45-,79-,80-/m1/s1. The summed E-state index contributed by atoms with van der Waals surface area (Å²) >= 11 is 8.40. The summed E-state index contributed by atoms with van der Waals surface area (Å²) in [6, 6.07) is 12.1. The van der Waals surface area contributed by atoms with Gasteiger partial charge in [-0.15, -0.1) is 0 Å². The molecule has 3 aliphatic rings. The van der Waals surface area contributed by atoms with Crippen molar-refractivity contribution in [1.29, 1.82) is 0 Å². The van der Waals surface area contributed by atoms with E-state index in [1.807, 2.05) is 5.32 Å². The number of aromatic nitrogens is 6. The third kappa shape index (κ3) is 15.8. The fourth-order valence-corrected chi connectivity index (χ4v) is 12.0. The summed E-state index contributed by atoms with van der Waals surface area (Å²) in [6.45, 7) is -5.50. The van der Waals surface area contributed by atoms with E-state index in [-0.39, 0.29) is 61.2 Å². The van der Waals surface area contributed by atoms with Crippen LogP contribution in [0.4, 0.5) is 21.2 Å². The molecule has 1 saturated carbocycles. The van der Waals surface area contributed by atoms with Crippen LogP contribution >= 0.6 is 38.1 Å². The number of aliphatic hydroxyl groups is 1. The highest BCUT2D eigenvalue weighted by Gasteiger charge is 2.51. The molecule has 2 saturated heterocycles. The van der Waals surface area contributed by atoms with E-state index < -0.39 is 129 Å². The van der Waals surface area contributed by atoms with E-state index in [1.54, 1.807) is 62.4 Å². The molecule has 5 heterocycles. The Morgan fingerprint density at radius 3 is 2.37 bits per heavy atom. The number of aliphatic hydroxyl groups excluding tert-OH is 1. The molecule has 11 atom stereocenters. The molecule has 0 spiro atoms. The number of nitrogens with one attached hydrogen (secondary N) is 6. The van der Waals surface area contributed by atoms with Gasteiger partial charge in [-0.05, 0) is 48.6 Å². The smallest absolute Gasteiger partial charge is 0.410 e. The third-order valence-electron chi connectivity index (χ3n) is 13.0. The number of carbonyl (C=O) groups is 6. The minimum absolute atomic E-state index is 0.0846. The molecule has 0 radical (unpaired) electrons. The van der Waals surface area contributed by atoms with Gasteiger partial charge in [0.25, 0.3) is 11.5 Å². The summed E-state index contributed by atoms with van der Waals surface area (Å²) < 4.78 is 69.5. The number of ether oxygens (including phenoxy) is 3. The Balaban J connectivity index is 0.875. The number of carbonyl (C=O) groups excluding carboxylic acids is 5. The van der Waals surface area contributed by atoms with E-state index in [4.69, 9.17) is 37.4 Å². The summed E-state index contributed by atoms with van der Waals surface area (Å²) in [5, 5.41) is 32.4. The fourth-order valence-electron chi connectivity index (χ4n) is 8.91. The van der Waals surface area contributed by atoms with Gasteiger partial charge in [-0.2, -0.15) is 4.98 Å². The number of carboxylic acid groups (broad SMARTS) is 1. The first kappa shape index (κ1) is 61.1. The van der Waals surface area contributed by atoms with Crippen molar-refractivity contribution in [2.24, 2.45) is 11.8 Å². The van der Waals surface area contributed by atoms with Crippen LogP contribution in [0.3, 0.4) is 0 Å². The highest BCUT2D eigenvalue weighted by molar-refractivity contribution is 8.44. The van der Waals surface area contributed by atoms with Gasteiger partial charge in [-0.25, -0.2) is 33.7 Å². The third-order valence-corrected chi connectivity index (χ3v) is 16.3. The van der Waals surface area contributed by atoms with Gasteiger partial charge in [0.1, 0.15) is 56.0 Å². The predicted molar refractivity (Wildman–Crippen MR) is 294 cm³/mol. The number of nitrogens with zero attached hydrogens (tertiary/aromatic N) is 6. The van der Waals surface area contributed by atoms with Gasteiger partial charge in [0.2, 0.25) is 29.5 Å². The zero-order valence-electron chi connectivity index (χ0n) is 44.0. The van der Waals surface area contributed by atoms with E-state index in [0.29, 0.717) is 16.8 Å². The van der Waals surface area contributed by atoms with Crippen LogP contribution in [0.2, 0.25) is 0 Å². The first-order valence-electron chi connectivity index (χ1n) is 25.2. The SMILES string of the molecule is CC(NC(=O)C(NC(=O)CNC(=O)O)C(C)C)C(=O)Nc1ccc(COC(=O)N(C)Cc2ccccc2C(=O)Nc2nc3c(ncn3[C@@H]3OC4CO[P@@](=O)(S)O[C@H]5C[C@H](Oc6ccncn6)C[C@@H]5CO[P@@](=O)(S)O[C@@H]3[C@@H]4O)c(=O)[nH]2)cc1. The van der Waals surface area contributed by atoms with Crippen LogP contribution in [0, 0.1) is 11.8 Å². The van der Waals surface area contributed by atoms with Crippen molar-refractivity contribution in [2.75, 3.05) is 37.4 Å². The van der Waals surface area contributed by atoms with E-state index in [0.717, 1.165) is 6.33 Å². The molecule has 2 aliphatic heterocycles. The molecule has 30 nitrogen and oxygen atoms in total. The molecule has 6 amide bonds. The van der Waals surface area contributed by atoms with Crippen LogP contribution in [-0.4, -0.2) is 150 Å². The molecule has 1 aliphatic carbocycles. The zero-order chi connectivity index (χ0) is 59.0. The van der Waals surface area contributed by atoms with Crippen LogP contribution in [-0.2, 0) is 64.2 Å². The van der Waals surface area contributed by atoms with Crippen LogP contribution in [0.15, 0.2) is 78.2 Å². The Hall–Kier alpha value is -6.99. The van der Waals surface area contributed by atoms with Gasteiger partial charge < -0.3 is 55.1 Å². The summed E-state index contributed by atoms with van der Waals surface area (Å²) in [5.41, 5.74) is 0.135. The van der Waals surface area contributed by atoms with Gasteiger partial charge in [0.05, 0.1) is 25.6 Å². The number of imidazole rings is 1. The van der Waals surface area contributed by atoms with E-state index in [2.05, 4.69) is 70.7 Å². The molecule has 8 rings (SSSR count). The quantitative estimate of drug-likeness (QED) is 0.0467. The number of hydrogen-bond donors (Lipinski definition) is 10. The van der Waals surface area contributed by atoms with Crippen molar-refractivity contribution in [3.05, 3.63) is 100 Å². The number of amides is 6. The Morgan fingerprint density at radius 2 is 1.65 bits per heavy atom. The minimum Gasteiger partial charge on any atom is -0.474 e. The average Bonchev–Trinajstić information content (AvgIpc) is 3.90. The lowest BCUT2D eigenvalue weighted by atomic mass is 10.0. The second kappa shape index (κ2) is 26.5. The zero-order valence-corrected chi connectivity index (χ0v) is 47.6. The number of rotatable bonds is 17. The molecule has 2 bridgehead atoms. The molecule has 8 N–H and O–H groups in total. The summed E-state index contributed by atoms with van der Waals surface area (Å²) in [4.78, 5) is 110. The van der Waals surface area contributed by atoms with E-state index in [1.165, 1.54) is 42.0 Å².